The molecule has 0 aromatic heterocycles. The van der Waals surface area contributed by atoms with E-state index in [0.29, 0.717) is 23.7 Å². The Morgan fingerprint density at radius 1 is 0.667 bits per heavy atom. The summed E-state index contributed by atoms with van der Waals surface area (Å²) in [4.78, 5) is 5.18. The molecule has 0 amide bonds. The van der Waals surface area contributed by atoms with Gasteiger partial charge in [0.25, 0.3) is 0 Å². The molecule has 0 atom stereocenters. The van der Waals surface area contributed by atoms with Crippen LogP contribution in [0.25, 0.3) is 0 Å². The molecule has 1 radical (unpaired) electrons. The summed E-state index contributed by atoms with van der Waals surface area (Å²) in [7, 11) is 0. The zero-order valence-electron chi connectivity index (χ0n) is 23.9. The van der Waals surface area contributed by atoms with Gasteiger partial charge < -0.3 is 5.32 Å². The average molecular weight is 483 g/mol. The summed E-state index contributed by atoms with van der Waals surface area (Å²) in [6.07, 6.45) is 6.29. The minimum absolute atomic E-state index is 0.413. The van der Waals surface area contributed by atoms with Crippen molar-refractivity contribution in [3.63, 3.8) is 0 Å². The Morgan fingerprint density at radius 3 is 1.56 bits per heavy atom. The van der Waals surface area contributed by atoms with Gasteiger partial charge in [-0.05, 0) is 71.9 Å². The molecule has 0 aliphatic carbocycles. The second kappa shape index (κ2) is 11.8. The lowest BCUT2D eigenvalue weighted by Crippen LogP contribution is -2.22. The van der Waals surface area contributed by atoms with E-state index in [0.717, 1.165) is 34.2 Å². The summed E-state index contributed by atoms with van der Waals surface area (Å²) >= 11 is 0. The zero-order valence-corrected chi connectivity index (χ0v) is 23.9. The van der Waals surface area contributed by atoms with Gasteiger partial charge in [-0.3, -0.25) is 10.3 Å². The third kappa shape index (κ3) is 6.19. The fourth-order valence-corrected chi connectivity index (χ4v) is 4.63. The van der Waals surface area contributed by atoms with E-state index < -0.39 is 0 Å². The molecule has 0 unspecified atom stereocenters. The number of hydrogen-bond acceptors (Lipinski definition) is 2. The topological polar surface area (TPSA) is 38.5 Å². The third-order valence-electron chi connectivity index (χ3n) is 6.82. The minimum Gasteiger partial charge on any atom is -0.353 e. The van der Waals surface area contributed by atoms with Crippen molar-refractivity contribution in [1.29, 1.82) is 0 Å². The molecule has 0 bridgehead atoms. The van der Waals surface area contributed by atoms with Crippen LogP contribution in [-0.2, 0) is 0 Å². The summed E-state index contributed by atoms with van der Waals surface area (Å²) in [5.74, 6) is 1.65. The van der Waals surface area contributed by atoms with Gasteiger partial charge in [0.05, 0.1) is 34.2 Å². The molecule has 1 heterocycles. The van der Waals surface area contributed by atoms with Crippen molar-refractivity contribution in [2.45, 2.75) is 92.9 Å². The number of para-hydroxylation sites is 2. The Bertz CT molecular complexity index is 1150. The van der Waals surface area contributed by atoms with Crippen molar-refractivity contribution < 1.29 is 0 Å². The van der Waals surface area contributed by atoms with Gasteiger partial charge in [0.15, 0.2) is 0 Å². The van der Waals surface area contributed by atoms with Crippen molar-refractivity contribution >= 4 is 17.1 Å². The molecule has 191 valence electrons. The van der Waals surface area contributed by atoms with Crippen LogP contribution in [-0.4, -0.2) is 5.71 Å². The predicted octanol–water partition coefficient (Wildman–Crippen LogP) is 9.48. The number of dihydropyridines is 1. The van der Waals surface area contributed by atoms with E-state index in [2.05, 4.69) is 129 Å². The SMILES string of the molecule is CC(=Nc1c(C(C)C)cccc1C(C)C)C1=CC=CC(=C(C)[N]c2c(C(C)C)cccc2C(C)C)N1. The van der Waals surface area contributed by atoms with Crippen molar-refractivity contribution in [3.8, 4) is 0 Å². The molecular weight excluding hydrogens is 438 g/mol. The second-order valence-electron chi connectivity index (χ2n) is 11.1. The maximum absolute atomic E-state index is 5.18. The quantitative estimate of drug-likeness (QED) is 0.374. The highest BCUT2D eigenvalue weighted by atomic mass is 15.0. The van der Waals surface area contributed by atoms with Crippen LogP contribution in [0.2, 0.25) is 0 Å². The van der Waals surface area contributed by atoms with Crippen LogP contribution in [0.15, 0.2) is 76.7 Å². The largest absolute Gasteiger partial charge is 0.353 e. The molecule has 3 nitrogen and oxygen atoms in total. The van der Waals surface area contributed by atoms with E-state index >= 15 is 0 Å². The molecule has 3 heteroatoms. The fourth-order valence-electron chi connectivity index (χ4n) is 4.63. The lowest BCUT2D eigenvalue weighted by molar-refractivity contribution is 0.807. The number of nitrogens with one attached hydrogen (secondary N) is 1. The monoisotopic (exact) mass is 482 g/mol. The van der Waals surface area contributed by atoms with Crippen LogP contribution in [0.5, 0.6) is 0 Å². The highest BCUT2D eigenvalue weighted by molar-refractivity contribution is 6.00. The molecule has 3 rings (SSSR count). The predicted molar refractivity (Wildman–Crippen MR) is 157 cm³/mol. The Labute approximate surface area is 219 Å². The van der Waals surface area contributed by atoms with E-state index in [-0.39, 0.29) is 0 Å². The summed E-state index contributed by atoms with van der Waals surface area (Å²) < 4.78 is 0. The molecule has 36 heavy (non-hydrogen) atoms. The first-order chi connectivity index (χ1) is 17.0. The maximum atomic E-state index is 5.18. The first-order valence-corrected chi connectivity index (χ1v) is 13.4. The van der Waals surface area contributed by atoms with Crippen LogP contribution >= 0.6 is 0 Å². The smallest absolute Gasteiger partial charge is 0.0702 e. The van der Waals surface area contributed by atoms with Gasteiger partial charge in [0.1, 0.15) is 0 Å². The Morgan fingerprint density at radius 2 is 1.11 bits per heavy atom. The highest BCUT2D eigenvalue weighted by Gasteiger charge is 2.18. The number of aliphatic imine (C=N–C) groups is 1. The van der Waals surface area contributed by atoms with E-state index in [9.17, 15) is 0 Å². The number of hydrogen-bond donors (Lipinski definition) is 1. The van der Waals surface area contributed by atoms with E-state index in [1.165, 1.54) is 22.3 Å². The number of rotatable bonds is 8. The van der Waals surface area contributed by atoms with Gasteiger partial charge in [0, 0.05) is 0 Å². The first kappa shape index (κ1) is 27.5. The van der Waals surface area contributed by atoms with Gasteiger partial charge >= 0.3 is 0 Å². The lowest BCUT2D eigenvalue weighted by Gasteiger charge is -2.22. The standard InChI is InChI=1S/C33H44N3/c1-20(2)26-14-11-15-27(21(3)4)32(26)34-24(9)30-18-13-19-31(36-30)25(10)35-33-28(22(5)6)16-12-17-29(33)23(7)8/h11-23,36H,1-10H3. The van der Waals surface area contributed by atoms with Gasteiger partial charge in [0.2, 0.25) is 0 Å². The summed E-state index contributed by atoms with van der Waals surface area (Å²) in [6, 6.07) is 13.1. The second-order valence-corrected chi connectivity index (χ2v) is 11.1. The van der Waals surface area contributed by atoms with Gasteiger partial charge in [-0.15, -0.1) is 0 Å². The number of nitrogens with zero attached hydrogens (tertiary/aromatic N) is 2. The third-order valence-corrected chi connectivity index (χ3v) is 6.82. The zero-order chi connectivity index (χ0) is 26.6. The van der Waals surface area contributed by atoms with Gasteiger partial charge in [-0.2, -0.15) is 0 Å². The van der Waals surface area contributed by atoms with E-state index in [4.69, 9.17) is 10.3 Å². The van der Waals surface area contributed by atoms with Crippen molar-refractivity contribution in [2.24, 2.45) is 4.99 Å². The highest BCUT2D eigenvalue weighted by Crippen LogP contribution is 2.36. The van der Waals surface area contributed by atoms with Gasteiger partial charge in [-0.25, -0.2) is 0 Å². The van der Waals surface area contributed by atoms with E-state index in [1.807, 2.05) is 0 Å². The molecule has 2 aromatic rings. The molecule has 0 fully saturated rings. The average Bonchev–Trinajstić information content (AvgIpc) is 2.83. The molecular formula is C33H44N3. The maximum Gasteiger partial charge on any atom is 0.0702 e. The van der Waals surface area contributed by atoms with Crippen molar-refractivity contribution in [2.75, 3.05) is 0 Å². The fraction of sp³-hybridized carbons (Fsp3) is 0.424. The number of allylic oxidation sites excluding steroid dienone is 5. The summed E-state index contributed by atoms with van der Waals surface area (Å²) in [5, 5.41) is 8.79. The first-order valence-electron chi connectivity index (χ1n) is 13.4. The molecule has 0 saturated carbocycles. The molecule has 2 aromatic carbocycles. The summed E-state index contributed by atoms with van der Waals surface area (Å²) in [5.41, 5.74) is 11.4. The molecule has 1 aliphatic heterocycles. The van der Waals surface area contributed by atoms with Crippen LogP contribution in [0, 0.1) is 0 Å². The molecule has 0 spiro atoms. The lowest BCUT2D eigenvalue weighted by atomic mass is 9.92. The van der Waals surface area contributed by atoms with Crippen LogP contribution < -0.4 is 10.6 Å². The summed E-state index contributed by atoms with van der Waals surface area (Å²) in [6.45, 7) is 22.1. The van der Waals surface area contributed by atoms with Crippen molar-refractivity contribution in [3.05, 3.63) is 94.0 Å². The Balaban J connectivity index is 1.96. The molecule has 1 N–H and O–H groups in total. The van der Waals surface area contributed by atoms with E-state index in [1.54, 1.807) is 0 Å². The molecule has 1 aliphatic rings. The Hall–Kier alpha value is -3.07. The molecule has 0 saturated heterocycles. The van der Waals surface area contributed by atoms with Crippen LogP contribution in [0.3, 0.4) is 0 Å². The normalized spacial score (nSPS) is 15.6. The van der Waals surface area contributed by atoms with Crippen LogP contribution in [0.4, 0.5) is 11.4 Å². The minimum atomic E-state index is 0.413. The Kier molecular flexibility index (Phi) is 9.00. The van der Waals surface area contributed by atoms with Gasteiger partial charge in [-0.1, -0.05) is 97.9 Å². The number of benzene rings is 2. The van der Waals surface area contributed by atoms with Crippen molar-refractivity contribution in [1.82, 2.24) is 10.6 Å². The van der Waals surface area contributed by atoms with Crippen LogP contribution in [0.1, 0.15) is 115 Å².